The molecule has 2 rings (SSSR count). The number of aromatic amines is 1. The molecule has 0 atom stereocenters. The molecule has 98 valence electrons. The number of aromatic nitrogens is 3. The third-order valence-electron chi connectivity index (χ3n) is 2.70. The molecule has 2 aromatic heterocycles. The van der Waals surface area contributed by atoms with Crippen molar-refractivity contribution in [1.82, 2.24) is 14.6 Å². The van der Waals surface area contributed by atoms with Gasteiger partial charge >= 0.3 is 5.97 Å². The lowest BCUT2D eigenvalue weighted by molar-refractivity contribution is 0.0518. The van der Waals surface area contributed by atoms with E-state index < -0.39 is 11.5 Å². The molecule has 2 heterocycles. The minimum atomic E-state index is -0.649. The number of nitrogens with one attached hydrogen (secondary N) is 1. The predicted molar refractivity (Wildman–Crippen MR) is 65.9 cm³/mol. The summed E-state index contributed by atoms with van der Waals surface area (Å²) in [4.78, 5) is 28.1. The lowest BCUT2D eigenvalue weighted by Crippen LogP contribution is -2.25. The summed E-state index contributed by atoms with van der Waals surface area (Å²) in [7, 11) is 0. The van der Waals surface area contributed by atoms with Gasteiger partial charge in [-0.15, -0.1) is 0 Å². The molecule has 0 bridgehead atoms. The maximum Gasteiger partial charge on any atom is 0.357 e. The Morgan fingerprint density at radius 3 is 2.89 bits per heavy atom. The van der Waals surface area contributed by atoms with Gasteiger partial charge in [0.15, 0.2) is 11.3 Å². The molecule has 0 fully saturated rings. The minimum Gasteiger partial charge on any atom is -0.461 e. The van der Waals surface area contributed by atoms with Gasteiger partial charge in [-0.2, -0.15) is 5.26 Å². The average molecular weight is 260 g/mol. The predicted octanol–water partition coefficient (Wildman–Crippen LogP) is 0.633. The van der Waals surface area contributed by atoms with Gasteiger partial charge in [0.1, 0.15) is 11.6 Å². The Kier molecular flexibility index (Phi) is 3.33. The van der Waals surface area contributed by atoms with Crippen LogP contribution >= 0.6 is 0 Å². The fraction of sp³-hybridized carbons (Fsp3) is 0.333. The highest BCUT2D eigenvalue weighted by Crippen LogP contribution is 2.10. The quantitative estimate of drug-likeness (QED) is 0.816. The summed E-state index contributed by atoms with van der Waals surface area (Å²) in [6.07, 6.45) is 1.72. The van der Waals surface area contributed by atoms with Gasteiger partial charge in [0.25, 0.3) is 5.56 Å². The zero-order valence-corrected chi connectivity index (χ0v) is 10.6. The van der Waals surface area contributed by atoms with Crippen molar-refractivity contribution < 1.29 is 9.53 Å². The van der Waals surface area contributed by atoms with E-state index in [9.17, 15) is 9.59 Å². The van der Waals surface area contributed by atoms with Crippen LogP contribution in [0.1, 0.15) is 35.5 Å². The van der Waals surface area contributed by atoms with Crippen LogP contribution in [0.4, 0.5) is 0 Å². The van der Waals surface area contributed by atoms with Crippen molar-refractivity contribution in [2.45, 2.75) is 20.3 Å². The first-order valence-corrected chi connectivity index (χ1v) is 5.84. The first-order chi connectivity index (χ1) is 9.13. The number of carbonyl (C=O) groups excluding carboxylic acids is 1. The average Bonchev–Trinajstić information content (AvgIpc) is 2.82. The maximum absolute atomic E-state index is 12.2. The normalized spacial score (nSPS) is 10.4. The second-order valence-corrected chi connectivity index (χ2v) is 3.78. The smallest absolute Gasteiger partial charge is 0.357 e. The topological polar surface area (TPSA) is 100 Å². The number of esters is 1. The number of hydrogen-bond donors (Lipinski definition) is 1. The lowest BCUT2D eigenvalue weighted by atomic mass is 10.1. The van der Waals surface area contributed by atoms with E-state index >= 15 is 0 Å². The van der Waals surface area contributed by atoms with Crippen molar-refractivity contribution in [3.63, 3.8) is 0 Å². The van der Waals surface area contributed by atoms with Gasteiger partial charge in [-0.25, -0.2) is 14.3 Å². The molecule has 0 radical (unpaired) electrons. The van der Waals surface area contributed by atoms with Gasteiger partial charge in [-0.3, -0.25) is 9.89 Å². The number of fused-ring (bicyclic) bond motifs is 1. The number of carbonyl (C=O) groups is 1. The van der Waals surface area contributed by atoms with Crippen LogP contribution in [-0.4, -0.2) is 27.2 Å². The molecule has 0 spiro atoms. The molecule has 0 aliphatic carbocycles. The molecule has 0 aliphatic heterocycles. The maximum atomic E-state index is 12.2. The Hall–Kier alpha value is -2.62. The highest BCUT2D eigenvalue weighted by molar-refractivity contribution is 5.89. The third-order valence-corrected chi connectivity index (χ3v) is 2.70. The summed E-state index contributed by atoms with van der Waals surface area (Å²) in [6.45, 7) is 3.62. The molecular weight excluding hydrogens is 248 g/mol. The van der Waals surface area contributed by atoms with Crippen LogP contribution in [0.25, 0.3) is 5.65 Å². The standard InChI is InChI=1S/C12H12N4O3/c1-3-8-9(12(18)19-4-2)15-10-7(5-13)6-14-16(10)11(8)17/h6,14H,3-4H2,1-2H3. The zero-order valence-electron chi connectivity index (χ0n) is 10.6. The molecule has 7 nitrogen and oxygen atoms in total. The summed E-state index contributed by atoms with van der Waals surface area (Å²) >= 11 is 0. The van der Waals surface area contributed by atoms with Crippen LogP contribution in [0.5, 0.6) is 0 Å². The summed E-state index contributed by atoms with van der Waals surface area (Å²) in [5.41, 5.74) is 0.183. The van der Waals surface area contributed by atoms with Crippen molar-refractivity contribution in [1.29, 1.82) is 5.26 Å². The van der Waals surface area contributed by atoms with E-state index in [-0.39, 0.29) is 29.1 Å². The Labute approximate surface area is 108 Å². The zero-order chi connectivity index (χ0) is 14.0. The number of hydrogen-bond acceptors (Lipinski definition) is 5. The molecule has 0 aliphatic rings. The molecule has 1 N–H and O–H groups in total. The first kappa shape index (κ1) is 12.8. The van der Waals surface area contributed by atoms with Crippen molar-refractivity contribution in [2.75, 3.05) is 6.61 Å². The lowest BCUT2D eigenvalue weighted by Gasteiger charge is -2.06. The van der Waals surface area contributed by atoms with Gasteiger partial charge in [-0.05, 0) is 13.3 Å². The number of rotatable bonds is 3. The highest BCUT2D eigenvalue weighted by atomic mass is 16.5. The largest absolute Gasteiger partial charge is 0.461 e. The van der Waals surface area contributed by atoms with Crippen molar-refractivity contribution in [2.24, 2.45) is 0 Å². The molecule has 0 saturated carbocycles. The van der Waals surface area contributed by atoms with Gasteiger partial charge in [0.05, 0.1) is 12.2 Å². The molecule has 0 aromatic carbocycles. The van der Waals surface area contributed by atoms with Crippen LogP contribution in [-0.2, 0) is 11.2 Å². The Balaban J connectivity index is 2.79. The Morgan fingerprint density at radius 2 is 2.32 bits per heavy atom. The van der Waals surface area contributed by atoms with Gasteiger partial charge in [0, 0.05) is 6.20 Å². The summed E-state index contributed by atoms with van der Waals surface area (Å²) in [5.74, 6) is -0.649. The van der Waals surface area contributed by atoms with E-state index in [1.54, 1.807) is 13.8 Å². The van der Waals surface area contributed by atoms with Crippen LogP contribution in [0, 0.1) is 11.3 Å². The number of nitriles is 1. The van der Waals surface area contributed by atoms with Crippen LogP contribution in [0.2, 0.25) is 0 Å². The van der Waals surface area contributed by atoms with Gasteiger partial charge < -0.3 is 4.74 Å². The Morgan fingerprint density at radius 1 is 1.58 bits per heavy atom. The second kappa shape index (κ2) is 4.94. The Bertz CT molecular complexity index is 736. The third kappa shape index (κ3) is 1.97. The van der Waals surface area contributed by atoms with E-state index in [0.717, 1.165) is 4.52 Å². The van der Waals surface area contributed by atoms with Crippen LogP contribution < -0.4 is 5.56 Å². The van der Waals surface area contributed by atoms with E-state index in [2.05, 4.69) is 10.1 Å². The monoisotopic (exact) mass is 260 g/mol. The van der Waals surface area contributed by atoms with Crippen LogP contribution in [0.15, 0.2) is 11.0 Å². The van der Waals surface area contributed by atoms with E-state index in [1.807, 2.05) is 6.07 Å². The second-order valence-electron chi connectivity index (χ2n) is 3.78. The molecule has 2 aromatic rings. The summed E-state index contributed by atoms with van der Waals surface area (Å²) in [5, 5.41) is 11.6. The van der Waals surface area contributed by atoms with Gasteiger partial charge in [-0.1, -0.05) is 6.92 Å². The molecule has 19 heavy (non-hydrogen) atoms. The SMILES string of the molecule is CCOC(=O)c1nc2c(C#N)c[nH]n2c(=O)c1CC. The summed E-state index contributed by atoms with van der Waals surface area (Å²) in [6, 6.07) is 1.91. The number of ether oxygens (including phenoxy) is 1. The highest BCUT2D eigenvalue weighted by Gasteiger charge is 2.20. The van der Waals surface area contributed by atoms with Crippen molar-refractivity contribution in [3.05, 3.63) is 33.4 Å². The fourth-order valence-corrected chi connectivity index (χ4v) is 1.82. The van der Waals surface area contributed by atoms with E-state index in [4.69, 9.17) is 10.00 Å². The fourth-order valence-electron chi connectivity index (χ4n) is 1.82. The molecule has 0 amide bonds. The van der Waals surface area contributed by atoms with E-state index in [1.165, 1.54) is 6.20 Å². The minimum absolute atomic E-state index is 0.0227. The van der Waals surface area contributed by atoms with Crippen molar-refractivity contribution in [3.8, 4) is 6.07 Å². The van der Waals surface area contributed by atoms with E-state index in [0.29, 0.717) is 6.42 Å². The first-order valence-electron chi connectivity index (χ1n) is 5.84. The number of nitrogens with zero attached hydrogens (tertiary/aromatic N) is 3. The van der Waals surface area contributed by atoms with Crippen LogP contribution in [0.3, 0.4) is 0 Å². The molecule has 0 unspecified atom stereocenters. The molecule has 0 saturated heterocycles. The summed E-state index contributed by atoms with van der Waals surface area (Å²) < 4.78 is 6.03. The molecular formula is C12H12N4O3. The number of H-pyrrole nitrogens is 1. The van der Waals surface area contributed by atoms with Crippen molar-refractivity contribution >= 4 is 11.6 Å². The van der Waals surface area contributed by atoms with Gasteiger partial charge in [0.2, 0.25) is 0 Å². The molecule has 7 heteroatoms.